The molecule has 6 atom stereocenters. The fourth-order valence-electron chi connectivity index (χ4n) is 6.94. The van der Waals surface area contributed by atoms with Gasteiger partial charge in [-0.05, 0) is 95.0 Å². The molecule has 1 aromatic heterocycles. The number of piperazine rings is 1. The summed E-state index contributed by atoms with van der Waals surface area (Å²) in [5.74, 6) is -5.90. The number of benzene rings is 1. The second-order valence-electron chi connectivity index (χ2n) is 14.3. The van der Waals surface area contributed by atoms with Crippen LogP contribution in [-0.4, -0.2) is 93.4 Å². The first-order valence-corrected chi connectivity index (χ1v) is 17.5. The number of nitrogens with one attached hydrogen (secondary N) is 3. The molecule has 1 unspecified atom stereocenters. The average Bonchev–Trinajstić information content (AvgIpc) is 4.02. The molecule has 4 N–H and O–H groups in total. The third kappa shape index (κ3) is 8.65. The van der Waals surface area contributed by atoms with E-state index in [4.69, 9.17) is 0 Å². The van der Waals surface area contributed by atoms with Crippen LogP contribution in [0, 0.1) is 29.5 Å². The predicted molar refractivity (Wildman–Crippen MR) is 178 cm³/mol. The predicted octanol–water partition coefficient (Wildman–Crippen LogP) is 4.02. The lowest BCUT2D eigenvalue weighted by Crippen LogP contribution is -2.58. The van der Waals surface area contributed by atoms with Crippen molar-refractivity contribution in [2.24, 2.45) is 23.7 Å². The van der Waals surface area contributed by atoms with Crippen molar-refractivity contribution in [3.8, 4) is 0 Å². The van der Waals surface area contributed by atoms with Crippen molar-refractivity contribution in [2.45, 2.75) is 96.4 Å². The first kappa shape index (κ1) is 37.7. The number of rotatable bonds is 14. The van der Waals surface area contributed by atoms with Crippen LogP contribution in [0.1, 0.15) is 76.8 Å². The number of hydrogen-bond donors (Lipinski definition) is 4. The van der Waals surface area contributed by atoms with Gasteiger partial charge >= 0.3 is 6.18 Å². The highest BCUT2D eigenvalue weighted by molar-refractivity contribution is 5.95. The van der Waals surface area contributed by atoms with Gasteiger partial charge in [0, 0.05) is 44.3 Å². The molecule has 2 aromatic rings. The van der Waals surface area contributed by atoms with E-state index in [9.17, 15) is 32.7 Å². The van der Waals surface area contributed by atoms with E-state index >= 15 is 4.39 Å². The van der Waals surface area contributed by atoms with Crippen molar-refractivity contribution < 1.29 is 37.1 Å². The number of aliphatic hydroxyl groups is 1. The van der Waals surface area contributed by atoms with Gasteiger partial charge in [0.05, 0.1) is 17.4 Å². The van der Waals surface area contributed by atoms with Crippen LogP contribution in [0.5, 0.6) is 0 Å². The molecule has 5 rings (SSSR count). The van der Waals surface area contributed by atoms with Crippen molar-refractivity contribution in [1.29, 1.82) is 0 Å². The maximum absolute atomic E-state index is 15.8. The van der Waals surface area contributed by atoms with Gasteiger partial charge in [-0.2, -0.15) is 18.3 Å². The number of anilines is 1. The molecule has 1 aromatic carbocycles. The van der Waals surface area contributed by atoms with Crippen LogP contribution in [0.3, 0.4) is 0 Å². The van der Waals surface area contributed by atoms with Crippen LogP contribution >= 0.6 is 0 Å². The lowest BCUT2D eigenvalue weighted by molar-refractivity contribution is -0.180. The Morgan fingerprint density at radius 3 is 2.24 bits per heavy atom. The van der Waals surface area contributed by atoms with Crippen LogP contribution in [0.2, 0.25) is 0 Å². The third-order valence-corrected chi connectivity index (χ3v) is 10.7. The van der Waals surface area contributed by atoms with Gasteiger partial charge in [0.1, 0.15) is 24.0 Å². The molecular formula is C35H49F4N7O4. The minimum Gasteiger partial charge on any atom is -0.373 e. The summed E-state index contributed by atoms with van der Waals surface area (Å²) >= 11 is 0. The minimum absolute atomic E-state index is 0.0125. The molecule has 0 spiro atoms. The maximum atomic E-state index is 15.8. The number of alkyl halides is 3. The number of amides is 3. The first-order chi connectivity index (χ1) is 23.6. The summed E-state index contributed by atoms with van der Waals surface area (Å²) in [7, 11) is 1.91. The topological polar surface area (TPSA) is 132 Å². The number of likely N-dealkylation sites (N-methyl/N-ethyl adjacent to an activating group) is 1. The standard InChI is InChI=1S/C35H49F4N7O4/c1-6-46-27(13-14-40-46)32(48)43-30(28(22-7-8-22)23-9-10-23)33(49)41-26-12-11-24(17-25(26)36)20(3)29(42-31(47)21(4)35(37,38)39)34(50)45-16-15-44(5)19(2)18-45/h11-14,17,19-23,28-30,32,43,48H,6-10,15-16,18H2,1-5H3,(H,41,49)(H,42,47)/t19-,20+,21+,29-,30+,32?/m1/s1. The summed E-state index contributed by atoms with van der Waals surface area (Å²) in [5, 5.41) is 23.4. The molecule has 15 heteroatoms. The van der Waals surface area contributed by atoms with Gasteiger partial charge in [-0.1, -0.05) is 13.0 Å². The normalized spacial score (nSPS) is 21.7. The zero-order valence-electron chi connectivity index (χ0n) is 29.2. The summed E-state index contributed by atoms with van der Waals surface area (Å²) < 4.78 is 57.7. The summed E-state index contributed by atoms with van der Waals surface area (Å²) in [6.45, 7) is 7.79. The zero-order chi connectivity index (χ0) is 36.5. The molecule has 2 saturated carbocycles. The van der Waals surface area contributed by atoms with E-state index in [1.165, 1.54) is 17.0 Å². The Hall–Kier alpha value is -3.56. The zero-order valence-corrected chi connectivity index (χ0v) is 29.2. The molecule has 3 amide bonds. The van der Waals surface area contributed by atoms with Gasteiger partial charge < -0.3 is 25.5 Å². The lowest BCUT2D eigenvalue weighted by atomic mass is 9.88. The van der Waals surface area contributed by atoms with Crippen LogP contribution in [-0.2, 0) is 20.9 Å². The Kier molecular flexibility index (Phi) is 11.6. The van der Waals surface area contributed by atoms with Crippen LogP contribution < -0.4 is 16.0 Å². The highest BCUT2D eigenvalue weighted by Gasteiger charge is 2.49. The van der Waals surface area contributed by atoms with Crippen LogP contribution in [0.4, 0.5) is 23.2 Å². The molecule has 276 valence electrons. The van der Waals surface area contributed by atoms with E-state index in [0.29, 0.717) is 43.7 Å². The fourth-order valence-corrected chi connectivity index (χ4v) is 6.94. The maximum Gasteiger partial charge on any atom is 0.400 e. The van der Waals surface area contributed by atoms with Gasteiger partial charge in [-0.25, -0.2) is 4.39 Å². The van der Waals surface area contributed by atoms with Crippen molar-refractivity contribution in [3.05, 3.63) is 47.5 Å². The minimum atomic E-state index is -4.81. The molecule has 2 heterocycles. The Bertz CT molecular complexity index is 1520. The number of hydrogen-bond acceptors (Lipinski definition) is 7. The monoisotopic (exact) mass is 707 g/mol. The van der Waals surface area contributed by atoms with Gasteiger partial charge in [0.25, 0.3) is 0 Å². The molecule has 3 fully saturated rings. The number of halogens is 4. The second kappa shape index (κ2) is 15.4. The molecule has 1 saturated heterocycles. The first-order valence-electron chi connectivity index (χ1n) is 17.5. The number of carbonyl (C=O) groups is 3. The van der Waals surface area contributed by atoms with Gasteiger partial charge in [-0.15, -0.1) is 0 Å². The molecule has 0 bridgehead atoms. The van der Waals surface area contributed by atoms with Crippen molar-refractivity contribution >= 4 is 23.4 Å². The van der Waals surface area contributed by atoms with E-state index < -0.39 is 59.9 Å². The quantitative estimate of drug-likeness (QED) is 0.172. The van der Waals surface area contributed by atoms with Crippen LogP contribution in [0.25, 0.3) is 0 Å². The van der Waals surface area contributed by atoms with Crippen molar-refractivity contribution in [1.82, 2.24) is 30.2 Å². The molecular weight excluding hydrogens is 658 g/mol. The Labute approximate surface area is 290 Å². The third-order valence-electron chi connectivity index (χ3n) is 10.7. The van der Waals surface area contributed by atoms with Gasteiger partial charge in [-0.3, -0.25) is 24.4 Å². The highest BCUT2D eigenvalue weighted by Crippen LogP contribution is 2.51. The van der Waals surface area contributed by atoms with Crippen LogP contribution in [0.15, 0.2) is 30.5 Å². The summed E-state index contributed by atoms with van der Waals surface area (Å²) in [6.07, 6.45) is -0.531. The number of aryl methyl sites for hydroxylation is 1. The molecule has 11 nitrogen and oxygen atoms in total. The summed E-state index contributed by atoms with van der Waals surface area (Å²) in [5.41, 5.74) is 0.640. The highest BCUT2D eigenvalue weighted by atomic mass is 19.4. The SMILES string of the molecule is CCn1nccc1C(O)N[C@H](C(=O)Nc1ccc([C@H](C)[C@@H](NC(=O)[C@H](C)C(F)(F)F)C(=O)N2CCN(C)[C@H](C)C2)cc1F)C(C1CC1)C1CC1. The smallest absolute Gasteiger partial charge is 0.373 e. The second-order valence-corrected chi connectivity index (χ2v) is 14.3. The van der Waals surface area contributed by atoms with Gasteiger partial charge in [0.15, 0.2) is 0 Å². The van der Waals surface area contributed by atoms with E-state index in [1.807, 2.05) is 25.8 Å². The van der Waals surface area contributed by atoms with E-state index in [0.717, 1.165) is 38.7 Å². The average molecular weight is 708 g/mol. The molecule has 0 radical (unpaired) electrons. The molecule has 1 aliphatic heterocycles. The molecule has 2 aliphatic carbocycles. The van der Waals surface area contributed by atoms with Gasteiger partial charge in [0.2, 0.25) is 17.7 Å². The van der Waals surface area contributed by atoms with E-state index in [1.54, 1.807) is 23.9 Å². The Morgan fingerprint density at radius 2 is 1.68 bits per heavy atom. The number of nitrogens with zero attached hydrogens (tertiary/aromatic N) is 4. The largest absolute Gasteiger partial charge is 0.400 e. The number of carbonyl (C=O) groups excluding carboxylic acids is 3. The number of aromatic nitrogens is 2. The number of aliphatic hydroxyl groups excluding tert-OH is 1. The van der Waals surface area contributed by atoms with E-state index in [2.05, 4.69) is 21.0 Å². The van der Waals surface area contributed by atoms with E-state index in [-0.39, 0.29) is 23.2 Å². The van der Waals surface area contributed by atoms with Crippen molar-refractivity contribution in [2.75, 3.05) is 32.0 Å². The lowest BCUT2D eigenvalue weighted by Gasteiger charge is -2.40. The fraction of sp³-hybridized carbons (Fsp3) is 0.657. The Morgan fingerprint density at radius 1 is 1.02 bits per heavy atom. The molecule has 50 heavy (non-hydrogen) atoms. The Balaban J connectivity index is 1.36. The summed E-state index contributed by atoms with van der Waals surface area (Å²) in [4.78, 5) is 43.9. The summed E-state index contributed by atoms with van der Waals surface area (Å²) in [6, 6.07) is 3.42. The molecule has 3 aliphatic rings. The van der Waals surface area contributed by atoms with Crippen molar-refractivity contribution in [3.63, 3.8) is 0 Å².